The predicted molar refractivity (Wildman–Crippen MR) is 132 cm³/mol. The molecule has 2 unspecified atom stereocenters. The van der Waals surface area contributed by atoms with Crippen LogP contribution < -0.4 is 16.6 Å². The fraction of sp³-hybridized carbons (Fsp3) is 0.706. The van der Waals surface area contributed by atoms with E-state index in [1.807, 2.05) is 4.98 Å². The quantitative estimate of drug-likeness (QED) is 0.0840. The van der Waals surface area contributed by atoms with Crippen LogP contribution in [0.15, 0.2) is 21.9 Å². The van der Waals surface area contributed by atoms with Gasteiger partial charge >= 0.3 is 21.3 Å². The van der Waals surface area contributed by atoms with Crippen molar-refractivity contribution in [1.29, 1.82) is 0 Å². The second-order valence-electron chi connectivity index (χ2n) is 8.42. The van der Waals surface area contributed by atoms with Crippen LogP contribution in [0.2, 0.25) is 0 Å². The second-order valence-corrected chi connectivity index (χ2v) is 11.4. The third-order valence-corrected chi connectivity index (χ3v) is 8.16. The normalized spacial score (nSPS) is 34.4. The molecule has 24 heteroatoms. The van der Waals surface area contributed by atoms with Crippen LogP contribution in [0.25, 0.3) is 0 Å². The molecule has 0 saturated carbocycles. The number of hydrogen-bond donors (Lipinski definition) is 9. The van der Waals surface area contributed by atoms with Crippen molar-refractivity contribution in [3.8, 4) is 0 Å². The Bertz CT molecular complexity index is 1250. The minimum absolute atomic E-state index is 0. The molecule has 2 radical (unpaired) electrons. The summed E-state index contributed by atoms with van der Waals surface area (Å²) in [5.41, 5.74) is -1.75. The van der Waals surface area contributed by atoms with Crippen molar-refractivity contribution in [3.05, 3.63) is 33.1 Å². The number of phosphoric ester groups is 2. The molecule has 1 aromatic rings. The summed E-state index contributed by atoms with van der Waals surface area (Å²) in [5, 5.41) is 51.9. The number of aliphatic hydroxyl groups is 5. The Morgan fingerprint density at radius 3 is 2.20 bits per heavy atom. The molecule has 20 nitrogen and oxygen atoms in total. The number of aromatic nitrogens is 2. The summed E-state index contributed by atoms with van der Waals surface area (Å²) in [5.74, 6) is -0.796. The van der Waals surface area contributed by atoms with E-state index >= 15 is 0 Å². The van der Waals surface area contributed by atoms with Gasteiger partial charge in [0.05, 0.1) is 13.2 Å². The summed E-state index contributed by atoms with van der Waals surface area (Å²) in [6.45, 7) is -0.940. The zero-order valence-electron chi connectivity index (χ0n) is 21.8. The van der Waals surface area contributed by atoms with Gasteiger partial charge in [0.2, 0.25) is 5.91 Å². The van der Waals surface area contributed by atoms with Gasteiger partial charge in [0, 0.05) is 78.3 Å². The molecular formula is C17H27N3Na2O17P2. The molecule has 0 bridgehead atoms. The number of carbonyl (C=O) groups is 1. The molecule has 2 aliphatic rings. The van der Waals surface area contributed by atoms with Gasteiger partial charge in [-0.05, 0) is 0 Å². The Labute approximate surface area is 274 Å². The molecule has 1 aromatic heterocycles. The molecule has 0 spiro atoms. The average Bonchev–Trinajstić information content (AvgIpc) is 3.10. The van der Waals surface area contributed by atoms with Gasteiger partial charge in [0.25, 0.3) is 5.56 Å². The van der Waals surface area contributed by atoms with E-state index in [0.717, 1.165) is 23.8 Å². The van der Waals surface area contributed by atoms with E-state index in [9.17, 15) is 58.8 Å². The van der Waals surface area contributed by atoms with Gasteiger partial charge in [-0.15, -0.1) is 0 Å². The van der Waals surface area contributed by atoms with E-state index in [1.54, 1.807) is 0 Å². The van der Waals surface area contributed by atoms with Crippen LogP contribution in [0.4, 0.5) is 0 Å². The van der Waals surface area contributed by atoms with E-state index in [-0.39, 0.29) is 59.1 Å². The Hall–Kier alpha value is 0.130. The number of hydrogen-bond acceptors (Lipinski definition) is 15. The number of rotatable bonds is 10. The number of carbonyl (C=O) groups excluding carboxylic acids is 1. The zero-order chi connectivity index (χ0) is 29.3. The van der Waals surface area contributed by atoms with Crippen molar-refractivity contribution in [2.24, 2.45) is 0 Å². The predicted octanol–water partition coefficient (Wildman–Crippen LogP) is -5.41. The maximum Gasteiger partial charge on any atom is 0.483 e. The first kappa shape index (κ1) is 39.2. The van der Waals surface area contributed by atoms with E-state index in [4.69, 9.17) is 9.47 Å². The number of phosphoric acid groups is 2. The fourth-order valence-electron chi connectivity index (χ4n) is 3.76. The number of H-pyrrole nitrogens is 1. The number of amides is 1. The molecule has 2 aliphatic heterocycles. The van der Waals surface area contributed by atoms with Crippen LogP contribution >= 0.6 is 15.6 Å². The van der Waals surface area contributed by atoms with Crippen molar-refractivity contribution in [3.63, 3.8) is 0 Å². The van der Waals surface area contributed by atoms with E-state index < -0.39 is 101 Å². The second kappa shape index (κ2) is 15.9. The van der Waals surface area contributed by atoms with Crippen LogP contribution in [0, 0.1) is 0 Å². The maximum atomic E-state index is 12.4. The molecule has 2 fully saturated rings. The summed E-state index contributed by atoms with van der Waals surface area (Å²) in [4.78, 5) is 56.4. The van der Waals surface area contributed by atoms with Crippen molar-refractivity contribution < 1.29 is 72.1 Å². The average molecular weight is 653 g/mol. The number of nitrogens with zero attached hydrogens (tertiary/aromatic N) is 1. The van der Waals surface area contributed by atoms with Crippen LogP contribution in [0.1, 0.15) is 13.2 Å². The molecule has 11 atom stereocenters. The number of aliphatic hydroxyl groups excluding tert-OH is 5. The van der Waals surface area contributed by atoms with E-state index in [1.165, 1.54) is 0 Å². The Morgan fingerprint density at radius 2 is 1.63 bits per heavy atom. The SMILES string of the molecule is CC(=O)N[C@H]1[C@@H](OP(=O)(O)OP(=O)(O)OC[C@H]2O[C@@H](n3ccc(=O)[nH]c3=O)[C@H](O)[C@@H]2O)O[C@H](CO)[C@@H](O)[C@@H]1O.[Na].[Na]. The zero-order valence-corrected chi connectivity index (χ0v) is 27.6. The Kier molecular flexibility index (Phi) is 15.2. The molecule has 0 aliphatic carbocycles. The van der Waals surface area contributed by atoms with Gasteiger partial charge in [-0.2, -0.15) is 4.31 Å². The smallest absolute Gasteiger partial charge is 0.394 e. The summed E-state index contributed by atoms with van der Waals surface area (Å²) in [7, 11) is -11.1. The van der Waals surface area contributed by atoms with E-state index in [2.05, 4.69) is 18.7 Å². The van der Waals surface area contributed by atoms with E-state index in [0.29, 0.717) is 0 Å². The van der Waals surface area contributed by atoms with Gasteiger partial charge in [-0.25, -0.2) is 13.9 Å². The fourth-order valence-corrected chi connectivity index (χ4v) is 5.92. The minimum Gasteiger partial charge on any atom is -0.394 e. The standard InChI is InChI=1S/C17H27N3O17P2.2Na/c1-6(22)18-10-13(26)11(24)7(4-21)35-16(10)36-39(31,32)37-38(29,30)33-5-8-12(25)14(27)15(34-8)20-3-2-9(23)19-17(20)28;;/h2-3,7-8,10-16,21,24-27H,4-5H2,1H3,(H,18,22)(H,29,30)(H,31,32)(H,19,23,28);;/t7-,8-,10-,11-,12-,13-,14-,15-,16-;;/m1../s1. The van der Waals surface area contributed by atoms with Gasteiger partial charge in [0.15, 0.2) is 12.5 Å². The molecule has 0 aromatic carbocycles. The minimum atomic E-state index is -5.63. The molecular weight excluding hydrogens is 626 g/mol. The molecule has 41 heavy (non-hydrogen) atoms. The van der Waals surface area contributed by atoms with Crippen molar-refractivity contribution in [2.45, 2.75) is 62.1 Å². The molecule has 1 amide bonds. The molecule has 3 rings (SSSR count). The monoisotopic (exact) mass is 653 g/mol. The van der Waals surface area contributed by atoms with Crippen molar-refractivity contribution in [1.82, 2.24) is 14.9 Å². The topological polar surface area (TPSA) is 306 Å². The largest absolute Gasteiger partial charge is 0.483 e. The summed E-state index contributed by atoms with van der Waals surface area (Å²) in [6, 6.07) is -0.766. The number of nitrogens with one attached hydrogen (secondary N) is 2. The number of aromatic amines is 1. The first-order valence-corrected chi connectivity index (χ1v) is 14.0. The third kappa shape index (κ3) is 10.1. The summed E-state index contributed by atoms with van der Waals surface area (Å²) < 4.78 is 49.2. The van der Waals surface area contributed by atoms with Crippen LogP contribution in [0.3, 0.4) is 0 Å². The molecule has 2 saturated heterocycles. The summed E-state index contributed by atoms with van der Waals surface area (Å²) >= 11 is 0. The third-order valence-electron chi connectivity index (χ3n) is 5.56. The first-order chi connectivity index (χ1) is 18.0. The Balaban J connectivity index is 0.00000420. The maximum absolute atomic E-state index is 12.4. The Morgan fingerprint density at radius 1 is 1.02 bits per heavy atom. The molecule has 3 heterocycles. The van der Waals surface area contributed by atoms with Crippen LogP contribution in [0.5, 0.6) is 0 Å². The van der Waals surface area contributed by atoms with Crippen molar-refractivity contribution >= 4 is 80.7 Å². The van der Waals surface area contributed by atoms with Crippen LogP contribution in [-0.4, -0.2) is 172 Å². The molecule has 224 valence electrons. The first-order valence-electron chi connectivity index (χ1n) is 11.0. The van der Waals surface area contributed by atoms with Crippen LogP contribution in [-0.2, 0) is 36.8 Å². The van der Waals surface area contributed by atoms with Gasteiger partial charge in [-0.3, -0.25) is 28.2 Å². The van der Waals surface area contributed by atoms with Crippen molar-refractivity contribution in [2.75, 3.05) is 13.2 Å². The van der Waals surface area contributed by atoms with Gasteiger partial charge in [0.1, 0.15) is 42.7 Å². The van der Waals surface area contributed by atoms with Gasteiger partial charge < -0.3 is 50.1 Å². The summed E-state index contributed by atoms with van der Waals surface area (Å²) in [6.07, 6.45) is -13.0. The molecule has 9 N–H and O–H groups in total. The number of ether oxygens (including phenoxy) is 2. The van der Waals surface area contributed by atoms with Gasteiger partial charge in [-0.1, -0.05) is 0 Å².